The number of anilines is 1. The van der Waals surface area contributed by atoms with Crippen molar-refractivity contribution in [2.24, 2.45) is 4.99 Å². The van der Waals surface area contributed by atoms with Crippen molar-refractivity contribution in [2.45, 2.75) is 0 Å². The number of aliphatic imine (C=N–C) groups is 1. The number of benzene rings is 3. The van der Waals surface area contributed by atoms with Crippen molar-refractivity contribution in [3.8, 4) is 11.5 Å². The molecule has 2 N–H and O–H groups in total. The molecule has 0 aromatic heterocycles. The molecule has 0 unspecified atom stereocenters. The van der Waals surface area contributed by atoms with E-state index in [0.29, 0.717) is 28.4 Å². The molecule has 3 aromatic carbocycles. The lowest BCUT2D eigenvalue weighted by Crippen LogP contribution is -2.32. The number of aromatic carboxylic acids is 1. The summed E-state index contributed by atoms with van der Waals surface area (Å²) in [7, 11) is 1.54. The van der Waals surface area contributed by atoms with Crippen LogP contribution in [0, 0.1) is 0 Å². The molecule has 1 amide bonds. The number of para-hydroxylation sites is 1. The first kappa shape index (κ1) is 19.9. The van der Waals surface area contributed by atoms with Gasteiger partial charge in [0.05, 0.1) is 23.9 Å². The minimum absolute atomic E-state index is 0.0838. The maximum Gasteiger partial charge on any atom is 0.335 e. The van der Waals surface area contributed by atoms with Crippen molar-refractivity contribution in [1.82, 2.24) is 0 Å². The summed E-state index contributed by atoms with van der Waals surface area (Å²) < 4.78 is 5.45. The Labute approximate surface area is 178 Å². The SMILES string of the molecule is COc1ccccc1C1=N/C(=C/c2ccc(C(=O)O)cc2)C(=O)N1c1ccc(O)cc1. The number of methoxy groups -OCH3 is 1. The third kappa shape index (κ3) is 3.89. The van der Waals surface area contributed by atoms with Gasteiger partial charge in [-0.2, -0.15) is 0 Å². The molecule has 0 spiro atoms. The standard InChI is InChI=1S/C24H18N2O5/c1-31-21-5-3-2-4-19(21)22-25-20(14-15-6-8-16(9-7-15)24(29)30)23(28)26(22)17-10-12-18(27)13-11-17/h2-14,27H,1H3,(H,29,30)/b20-14+. The Hall–Kier alpha value is -4.39. The number of rotatable bonds is 5. The lowest BCUT2D eigenvalue weighted by molar-refractivity contribution is -0.113. The summed E-state index contributed by atoms with van der Waals surface area (Å²) in [5.41, 5.74) is 2.16. The van der Waals surface area contributed by atoms with E-state index < -0.39 is 5.97 Å². The summed E-state index contributed by atoms with van der Waals surface area (Å²) in [6.07, 6.45) is 1.60. The maximum atomic E-state index is 13.3. The van der Waals surface area contributed by atoms with E-state index in [1.54, 1.807) is 43.5 Å². The van der Waals surface area contributed by atoms with Gasteiger partial charge in [-0.1, -0.05) is 24.3 Å². The number of carboxylic acids is 1. The van der Waals surface area contributed by atoms with E-state index in [-0.39, 0.29) is 22.9 Å². The fourth-order valence-electron chi connectivity index (χ4n) is 3.25. The third-order valence-corrected chi connectivity index (χ3v) is 4.78. The smallest absolute Gasteiger partial charge is 0.335 e. The molecule has 7 heteroatoms. The highest BCUT2D eigenvalue weighted by molar-refractivity contribution is 6.33. The van der Waals surface area contributed by atoms with Crippen molar-refractivity contribution >= 4 is 29.5 Å². The molecule has 0 saturated heterocycles. The second kappa shape index (κ2) is 8.16. The topological polar surface area (TPSA) is 99.4 Å². The number of phenols is 1. The van der Waals surface area contributed by atoms with Gasteiger partial charge in [0.15, 0.2) is 5.84 Å². The molecular weight excluding hydrogens is 396 g/mol. The number of ether oxygens (including phenoxy) is 1. The maximum absolute atomic E-state index is 13.3. The fourth-order valence-corrected chi connectivity index (χ4v) is 3.25. The zero-order valence-corrected chi connectivity index (χ0v) is 16.5. The van der Waals surface area contributed by atoms with E-state index in [9.17, 15) is 14.7 Å². The fraction of sp³-hybridized carbons (Fsp3) is 0.0417. The van der Waals surface area contributed by atoms with Gasteiger partial charge < -0.3 is 14.9 Å². The number of hydrogen-bond donors (Lipinski definition) is 2. The molecule has 0 radical (unpaired) electrons. The van der Waals surface area contributed by atoms with Crippen molar-refractivity contribution in [3.63, 3.8) is 0 Å². The molecule has 0 atom stereocenters. The van der Waals surface area contributed by atoms with Crippen LogP contribution in [0.15, 0.2) is 83.5 Å². The quantitative estimate of drug-likeness (QED) is 0.616. The molecule has 0 aliphatic carbocycles. The largest absolute Gasteiger partial charge is 0.508 e. The summed E-state index contributed by atoms with van der Waals surface area (Å²) >= 11 is 0. The normalized spacial score (nSPS) is 14.6. The van der Waals surface area contributed by atoms with Crippen molar-refractivity contribution in [1.29, 1.82) is 0 Å². The molecule has 3 aromatic rings. The van der Waals surface area contributed by atoms with Crippen LogP contribution in [0.5, 0.6) is 11.5 Å². The van der Waals surface area contributed by atoms with Crippen LogP contribution in [-0.4, -0.2) is 35.0 Å². The highest BCUT2D eigenvalue weighted by Crippen LogP contribution is 2.31. The minimum Gasteiger partial charge on any atom is -0.508 e. The average Bonchev–Trinajstić information content (AvgIpc) is 3.10. The first-order valence-corrected chi connectivity index (χ1v) is 9.38. The van der Waals surface area contributed by atoms with Crippen LogP contribution in [0.1, 0.15) is 21.5 Å². The Balaban J connectivity index is 1.82. The molecular formula is C24H18N2O5. The molecule has 0 saturated carbocycles. The Kier molecular flexibility index (Phi) is 5.24. The van der Waals surface area contributed by atoms with E-state index >= 15 is 0 Å². The van der Waals surface area contributed by atoms with Crippen molar-refractivity contribution < 1.29 is 24.5 Å². The summed E-state index contributed by atoms with van der Waals surface area (Å²) in [6, 6.07) is 19.7. The number of carbonyl (C=O) groups excluding carboxylic acids is 1. The summed E-state index contributed by atoms with van der Waals surface area (Å²) in [5.74, 6) is -0.341. The van der Waals surface area contributed by atoms with Gasteiger partial charge in [0, 0.05) is 0 Å². The first-order valence-electron chi connectivity index (χ1n) is 9.38. The van der Waals surface area contributed by atoms with Crippen LogP contribution in [0.2, 0.25) is 0 Å². The van der Waals surface area contributed by atoms with Crippen LogP contribution in [0.3, 0.4) is 0 Å². The Morgan fingerprint density at radius 1 is 1.00 bits per heavy atom. The van der Waals surface area contributed by atoms with Gasteiger partial charge in [0.1, 0.15) is 17.2 Å². The highest BCUT2D eigenvalue weighted by atomic mass is 16.5. The van der Waals surface area contributed by atoms with E-state index in [0.717, 1.165) is 0 Å². The number of phenolic OH excluding ortho intramolecular Hbond substituents is 1. The predicted octanol–water partition coefficient (Wildman–Crippen LogP) is 3.93. The lowest BCUT2D eigenvalue weighted by Gasteiger charge is -2.19. The Bertz CT molecular complexity index is 1210. The summed E-state index contributed by atoms with van der Waals surface area (Å²) in [6.45, 7) is 0. The van der Waals surface area contributed by atoms with Gasteiger partial charge in [0.25, 0.3) is 5.91 Å². The molecule has 1 aliphatic heterocycles. The second-order valence-electron chi connectivity index (χ2n) is 6.75. The van der Waals surface area contributed by atoms with Gasteiger partial charge in [-0.05, 0) is 60.2 Å². The van der Waals surface area contributed by atoms with E-state index in [2.05, 4.69) is 4.99 Å². The third-order valence-electron chi connectivity index (χ3n) is 4.78. The lowest BCUT2D eigenvalue weighted by atomic mass is 10.1. The monoisotopic (exact) mass is 414 g/mol. The Morgan fingerprint density at radius 3 is 2.32 bits per heavy atom. The number of carbonyl (C=O) groups is 2. The van der Waals surface area contributed by atoms with E-state index in [4.69, 9.17) is 9.84 Å². The predicted molar refractivity (Wildman–Crippen MR) is 117 cm³/mol. The summed E-state index contributed by atoms with van der Waals surface area (Å²) in [5, 5.41) is 18.7. The molecule has 0 bridgehead atoms. The number of nitrogens with zero attached hydrogens (tertiary/aromatic N) is 2. The molecule has 1 aliphatic rings. The number of amidine groups is 1. The average molecular weight is 414 g/mol. The van der Waals surface area contributed by atoms with Gasteiger partial charge in [0.2, 0.25) is 0 Å². The Morgan fingerprint density at radius 2 is 1.68 bits per heavy atom. The molecule has 154 valence electrons. The first-order chi connectivity index (χ1) is 15.0. The summed E-state index contributed by atoms with van der Waals surface area (Å²) in [4.78, 5) is 30.4. The van der Waals surface area contributed by atoms with Crippen LogP contribution >= 0.6 is 0 Å². The number of hydrogen-bond acceptors (Lipinski definition) is 5. The molecule has 1 heterocycles. The zero-order chi connectivity index (χ0) is 22.0. The molecule has 0 fully saturated rings. The minimum atomic E-state index is -1.02. The highest BCUT2D eigenvalue weighted by Gasteiger charge is 2.33. The van der Waals surface area contributed by atoms with E-state index in [1.165, 1.54) is 29.2 Å². The van der Waals surface area contributed by atoms with Crippen LogP contribution in [-0.2, 0) is 4.79 Å². The number of aromatic hydroxyl groups is 1. The van der Waals surface area contributed by atoms with Gasteiger partial charge in [-0.3, -0.25) is 9.69 Å². The van der Waals surface area contributed by atoms with Gasteiger partial charge in [-0.25, -0.2) is 9.79 Å². The number of amides is 1. The molecule has 31 heavy (non-hydrogen) atoms. The van der Waals surface area contributed by atoms with Crippen LogP contribution in [0.4, 0.5) is 5.69 Å². The van der Waals surface area contributed by atoms with Gasteiger partial charge in [-0.15, -0.1) is 0 Å². The second-order valence-corrected chi connectivity index (χ2v) is 6.75. The van der Waals surface area contributed by atoms with E-state index in [1.807, 2.05) is 18.2 Å². The van der Waals surface area contributed by atoms with Crippen molar-refractivity contribution in [2.75, 3.05) is 12.0 Å². The number of carboxylic acid groups (broad SMARTS) is 1. The molecule has 4 rings (SSSR count). The van der Waals surface area contributed by atoms with Crippen molar-refractivity contribution in [3.05, 3.63) is 95.2 Å². The zero-order valence-electron chi connectivity index (χ0n) is 16.5. The van der Waals surface area contributed by atoms with Gasteiger partial charge >= 0.3 is 5.97 Å². The molecule has 7 nitrogen and oxygen atoms in total. The van der Waals surface area contributed by atoms with Crippen LogP contribution in [0.25, 0.3) is 6.08 Å². The van der Waals surface area contributed by atoms with Crippen LogP contribution < -0.4 is 9.64 Å².